The zero-order valence-corrected chi connectivity index (χ0v) is 16.8. The molecule has 0 aliphatic heterocycles. The summed E-state index contributed by atoms with van der Waals surface area (Å²) in [6.45, 7) is 0.255. The van der Waals surface area contributed by atoms with Crippen molar-refractivity contribution in [2.75, 3.05) is 0 Å². The highest BCUT2D eigenvalue weighted by molar-refractivity contribution is 5.52. The van der Waals surface area contributed by atoms with Gasteiger partial charge >= 0.3 is 5.69 Å². The molecule has 154 valence electrons. The van der Waals surface area contributed by atoms with E-state index in [9.17, 15) is 10.1 Å². The molecule has 4 aromatic carbocycles. The van der Waals surface area contributed by atoms with Gasteiger partial charge in [-0.1, -0.05) is 72.8 Å². The van der Waals surface area contributed by atoms with Gasteiger partial charge in [0.1, 0.15) is 18.1 Å². The predicted molar refractivity (Wildman–Crippen MR) is 120 cm³/mol. The van der Waals surface area contributed by atoms with Gasteiger partial charge in [-0.25, -0.2) is 0 Å². The van der Waals surface area contributed by atoms with Gasteiger partial charge in [-0.3, -0.25) is 10.1 Å². The van der Waals surface area contributed by atoms with Gasteiger partial charge in [-0.15, -0.1) is 0 Å². The number of nitro groups is 1. The fourth-order valence-corrected chi connectivity index (χ4v) is 3.20. The maximum atomic E-state index is 11.5. The molecule has 0 aliphatic rings. The molecule has 0 bridgehead atoms. The first-order valence-electron chi connectivity index (χ1n) is 9.93. The molecule has 0 heterocycles. The van der Waals surface area contributed by atoms with Crippen molar-refractivity contribution >= 4 is 5.69 Å². The number of benzene rings is 4. The summed E-state index contributed by atoms with van der Waals surface area (Å²) in [5.41, 5.74) is 3.20. The summed E-state index contributed by atoms with van der Waals surface area (Å²) < 4.78 is 11.5. The lowest BCUT2D eigenvalue weighted by atomic mass is 10.1. The van der Waals surface area contributed by atoms with Crippen LogP contribution >= 0.6 is 0 Å². The Kier molecular flexibility index (Phi) is 6.24. The van der Waals surface area contributed by atoms with Gasteiger partial charge in [0.15, 0.2) is 5.75 Å². The topological polar surface area (TPSA) is 61.6 Å². The Morgan fingerprint density at radius 1 is 0.677 bits per heavy atom. The van der Waals surface area contributed by atoms with E-state index in [0.29, 0.717) is 11.5 Å². The molecule has 4 aromatic rings. The molecule has 0 spiro atoms. The Morgan fingerprint density at radius 3 is 1.90 bits per heavy atom. The molecule has 0 atom stereocenters. The van der Waals surface area contributed by atoms with Crippen LogP contribution in [-0.4, -0.2) is 4.92 Å². The van der Waals surface area contributed by atoms with E-state index >= 15 is 0 Å². The van der Waals surface area contributed by atoms with Crippen molar-refractivity contribution in [3.63, 3.8) is 0 Å². The largest absolute Gasteiger partial charge is 0.482 e. The summed E-state index contributed by atoms with van der Waals surface area (Å²) in [5.74, 6) is 1.21. The van der Waals surface area contributed by atoms with Crippen LogP contribution in [0, 0.1) is 10.1 Å². The molecule has 5 heteroatoms. The second-order valence-corrected chi connectivity index (χ2v) is 7.07. The van der Waals surface area contributed by atoms with Crippen molar-refractivity contribution in [2.45, 2.75) is 13.0 Å². The second kappa shape index (κ2) is 9.59. The highest BCUT2D eigenvalue weighted by Gasteiger charge is 2.17. The Hall–Kier alpha value is -4.12. The van der Waals surface area contributed by atoms with Gasteiger partial charge in [0.05, 0.1) is 11.0 Å². The molecule has 0 saturated carbocycles. The maximum Gasteiger partial charge on any atom is 0.314 e. The summed E-state index contributed by atoms with van der Waals surface area (Å²) in [4.78, 5) is 11.1. The minimum Gasteiger partial charge on any atom is -0.482 e. The molecular weight excluding hydrogens is 390 g/mol. The highest BCUT2D eigenvalue weighted by atomic mass is 16.6. The molecule has 0 fully saturated rings. The Labute approximate surface area is 180 Å². The van der Waals surface area contributed by atoms with Crippen LogP contribution in [0.2, 0.25) is 0 Å². The Morgan fingerprint density at radius 2 is 1.26 bits per heavy atom. The van der Waals surface area contributed by atoms with Gasteiger partial charge < -0.3 is 9.47 Å². The number of ether oxygens (including phenoxy) is 2. The third-order valence-electron chi connectivity index (χ3n) is 4.77. The van der Waals surface area contributed by atoms with Gasteiger partial charge in [0.2, 0.25) is 0 Å². The summed E-state index contributed by atoms with van der Waals surface area (Å²) in [6, 6.07) is 32.1. The number of hydrogen-bond acceptors (Lipinski definition) is 4. The smallest absolute Gasteiger partial charge is 0.314 e. The first-order chi connectivity index (χ1) is 15.2. The van der Waals surface area contributed by atoms with E-state index in [1.54, 1.807) is 12.1 Å². The first-order valence-corrected chi connectivity index (χ1v) is 9.93. The molecule has 0 amide bonds. The zero-order chi connectivity index (χ0) is 21.5. The highest BCUT2D eigenvalue weighted by Crippen LogP contribution is 2.34. The molecule has 31 heavy (non-hydrogen) atoms. The second-order valence-electron chi connectivity index (χ2n) is 7.07. The van der Waals surface area contributed by atoms with Crippen molar-refractivity contribution < 1.29 is 14.4 Å². The van der Waals surface area contributed by atoms with Crippen molar-refractivity contribution in [3.05, 3.63) is 130 Å². The normalized spacial score (nSPS) is 10.5. The van der Waals surface area contributed by atoms with E-state index in [2.05, 4.69) is 12.1 Å². The van der Waals surface area contributed by atoms with Crippen LogP contribution < -0.4 is 9.47 Å². The van der Waals surface area contributed by atoms with Gasteiger partial charge in [-0.05, 0) is 47.4 Å². The monoisotopic (exact) mass is 411 g/mol. The fraction of sp³-hybridized carbons (Fsp3) is 0.0769. The van der Waals surface area contributed by atoms with Crippen LogP contribution in [0.25, 0.3) is 0 Å². The SMILES string of the molecule is O=[N+]([O-])c1cc(Oc2ccc(Cc3ccccc3)cc2)ccc1OCc1ccccc1. The van der Waals surface area contributed by atoms with Crippen LogP contribution in [0.1, 0.15) is 16.7 Å². The lowest BCUT2D eigenvalue weighted by Gasteiger charge is -2.10. The van der Waals surface area contributed by atoms with E-state index in [1.807, 2.05) is 72.8 Å². The van der Waals surface area contributed by atoms with E-state index in [-0.39, 0.29) is 18.0 Å². The van der Waals surface area contributed by atoms with Gasteiger partial charge in [0, 0.05) is 0 Å². The van der Waals surface area contributed by atoms with E-state index < -0.39 is 4.92 Å². The molecule has 5 nitrogen and oxygen atoms in total. The number of rotatable bonds is 8. The van der Waals surface area contributed by atoms with Crippen molar-refractivity contribution in [3.8, 4) is 17.2 Å². The van der Waals surface area contributed by atoms with Crippen LogP contribution in [0.3, 0.4) is 0 Å². The summed E-state index contributed by atoms with van der Waals surface area (Å²) in [6.07, 6.45) is 0.833. The minimum atomic E-state index is -0.462. The quantitative estimate of drug-likeness (QED) is 0.243. The molecule has 4 rings (SSSR count). The van der Waals surface area contributed by atoms with Crippen molar-refractivity contribution in [1.82, 2.24) is 0 Å². The van der Waals surface area contributed by atoms with Crippen molar-refractivity contribution in [2.24, 2.45) is 0 Å². The Bertz CT molecular complexity index is 1140. The van der Waals surface area contributed by atoms with Gasteiger partial charge in [-0.2, -0.15) is 0 Å². The third-order valence-corrected chi connectivity index (χ3v) is 4.77. The molecule has 0 radical (unpaired) electrons. The van der Waals surface area contributed by atoms with E-state index in [1.165, 1.54) is 11.6 Å². The van der Waals surface area contributed by atoms with Crippen LogP contribution in [0.5, 0.6) is 17.2 Å². The fourth-order valence-electron chi connectivity index (χ4n) is 3.20. The maximum absolute atomic E-state index is 11.5. The van der Waals surface area contributed by atoms with Crippen LogP contribution in [0.4, 0.5) is 5.69 Å². The third kappa shape index (κ3) is 5.48. The van der Waals surface area contributed by atoms with Crippen LogP contribution in [-0.2, 0) is 13.0 Å². The first kappa shape index (κ1) is 20.2. The minimum absolute atomic E-state index is 0.130. The summed E-state index contributed by atoms with van der Waals surface area (Å²) in [5, 5.41) is 11.5. The molecule has 0 aromatic heterocycles. The lowest BCUT2D eigenvalue weighted by molar-refractivity contribution is -0.386. The number of nitrogens with zero attached hydrogens (tertiary/aromatic N) is 1. The summed E-state index contributed by atoms with van der Waals surface area (Å²) >= 11 is 0. The number of hydrogen-bond donors (Lipinski definition) is 0. The van der Waals surface area contributed by atoms with Gasteiger partial charge in [0.25, 0.3) is 0 Å². The molecule has 0 unspecified atom stereocenters. The molecular formula is C26H21NO4. The van der Waals surface area contributed by atoms with Crippen LogP contribution in [0.15, 0.2) is 103 Å². The summed E-state index contributed by atoms with van der Waals surface area (Å²) in [7, 11) is 0. The molecule has 0 aliphatic carbocycles. The average molecular weight is 411 g/mol. The molecule has 0 N–H and O–H groups in total. The number of nitro benzene ring substituents is 1. The molecule has 0 saturated heterocycles. The predicted octanol–water partition coefficient (Wildman–Crippen LogP) is 6.56. The van der Waals surface area contributed by atoms with Crippen molar-refractivity contribution in [1.29, 1.82) is 0 Å². The van der Waals surface area contributed by atoms with E-state index in [0.717, 1.165) is 17.5 Å². The zero-order valence-electron chi connectivity index (χ0n) is 16.8. The lowest BCUT2D eigenvalue weighted by Crippen LogP contribution is -1.99. The van der Waals surface area contributed by atoms with E-state index in [4.69, 9.17) is 9.47 Å². The average Bonchev–Trinajstić information content (AvgIpc) is 2.81. The standard InChI is InChI=1S/C26H21NO4/c28-27(29)25-18-24(15-16-26(25)30-19-22-9-5-2-6-10-22)31-23-13-11-21(12-14-23)17-20-7-3-1-4-8-20/h1-16,18H,17,19H2. The Balaban J connectivity index is 1.44.